The Morgan fingerprint density at radius 2 is 2.04 bits per heavy atom. The fourth-order valence-electron chi connectivity index (χ4n) is 5.71. The molecule has 2 saturated carbocycles. The van der Waals surface area contributed by atoms with Crippen molar-refractivity contribution in [1.29, 1.82) is 0 Å². The number of hydrogen-bond donors (Lipinski definition) is 1. The number of ether oxygens (including phenoxy) is 1. The van der Waals surface area contributed by atoms with Crippen molar-refractivity contribution in [2.45, 2.75) is 59.5 Å². The summed E-state index contributed by atoms with van der Waals surface area (Å²) in [6.07, 6.45) is 11.6. The Morgan fingerprint density at radius 1 is 1.42 bits per heavy atom. The maximum atomic E-state index is 13.0. The minimum atomic E-state index is -1.58. The fourth-order valence-corrected chi connectivity index (χ4v) is 5.71. The number of allylic oxidation sites excluding steroid dienone is 3. The van der Waals surface area contributed by atoms with E-state index < -0.39 is 17.0 Å². The number of methoxy groups -OCH3 is 1. The smallest absolute Gasteiger partial charge is 0.316 e. The lowest BCUT2D eigenvalue weighted by atomic mass is 9.56. The third-order valence-electron chi connectivity index (χ3n) is 7.25. The molecule has 2 aliphatic rings. The summed E-state index contributed by atoms with van der Waals surface area (Å²) in [7, 11) is 1.37. The van der Waals surface area contributed by atoms with Gasteiger partial charge in [0.05, 0.1) is 7.11 Å². The van der Waals surface area contributed by atoms with Crippen molar-refractivity contribution >= 4 is 5.97 Å². The molecule has 0 amide bonds. The van der Waals surface area contributed by atoms with Crippen molar-refractivity contribution < 1.29 is 14.6 Å². The van der Waals surface area contributed by atoms with Gasteiger partial charge in [0.2, 0.25) is 0 Å². The second-order valence-corrected chi connectivity index (χ2v) is 9.08. The Balaban J connectivity index is 2.70. The lowest BCUT2D eigenvalue weighted by Crippen LogP contribution is -2.60. The van der Waals surface area contributed by atoms with Gasteiger partial charge in [-0.15, -0.1) is 13.0 Å². The number of rotatable bonds is 5. The topological polar surface area (TPSA) is 46.5 Å². The van der Waals surface area contributed by atoms with Gasteiger partial charge in [0.1, 0.15) is 11.0 Å². The summed E-state index contributed by atoms with van der Waals surface area (Å²) < 4.78 is 5.19. The van der Waals surface area contributed by atoms with E-state index in [1.807, 2.05) is 20.8 Å². The number of terminal acetylenes is 1. The van der Waals surface area contributed by atoms with Gasteiger partial charge in [-0.1, -0.05) is 44.4 Å². The normalized spacial score (nSPS) is 40.4. The van der Waals surface area contributed by atoms with E-state index in [0.717, 1.165) is 6.42 Å². The van der Waals surface area contributed by atoms with Gasteiger partial charge in [-0.05, 0) is 56.3 Å². The van der Waals surface area contributed by atoms with Crippen LogP contribution in [0, 0.1) is 46.8 Å². The van der Waals surface area contributed by atoms with Crippen LogP contribution in [0.25, 0.3) is 0 Å². The van der Waals surface area contributed by atoms with E-state index in [4.69, 9.17) is 11.2 Å². The van der Waals surface area contributed by atoms with E-state index in [0.29, 0.717) is 18.8 Å². The number of aliphatic hydroxyl groups is 1. The molecule has 3 heteroatoms. The molecule has 0 bridgehead atoms. The molecule has 0 saturated heterocycles. The van der Waals surface area contributed by atoms with Crippen molar-refractivity contribution in [2.24, 2.45) is 34.5 Å². The van der Waals surface area contributed by atoms with E-state index in [1.54, 1.807) is 6.08 Å². The molecule has 0 heterocycles. The van der Waals surface area contributed by atoms with E-state index >= 15 is 0 Å². The van der Waals surface area contributed by atoms with Crippen LogP contribution in [0.3, 0.4) is 0 Å². The first-order valence-electron chi connectivity index (χ1n) is 9.57. The first-order valence-corrected chi connectivity index (χ1v) is 9.57. The van der Waals surface area contributed by atoms with Crippen LogP contribution >= 0.6 is 0 Å². The van der Waals surface area contributed by atoms with Crippen molar-refractivity contribution in [1.82, 2.24) is 0 Å². The minimum Gasteiger partial charge on any atom is -0.468 e. The highest BCUT2D eigenvalue weighted by Crippen LogP contribution is 2.72. The highest BCUT2D eigenvalue weighted by atomic mass is 16.5. The number of esters is 1. The Bertz CT molecular complexity index is 649. The summed E-state index contributed by atoms with van der Waals surface area (Å²) in [5.74, 6) is 2.72. The average Bonchev–Trinajstić information content (AvgIpc) is 3.13. The molecule has 1 N–H and O–H groups in total. The summed E-state index contributed by atoms with van der Waals surface area (Å²) in [5.41, 5.74) is -1.44. The number of fused-ring (bicyclic) bond motifs is 1. The quantitative estimate of drug-likeness (QED) is 0.451. The second kappa shape index (κ2) is 6.89. The number of carbonyl (C=O) groups excluding carboxylic acids is 1. The fraction of sp³-hybridized carbons (Fsp3) is 0.696. The van der Waals surface area contributed by atoms with Crippen LogP contribution in [0.2, 0.25) is 0 Å². The number of carbonyl (C=O) groups is 1. The molecular weight excluding hydrogens is 324 g/mol. The predicted octanol–water partition coefficient (Wildman–Crippen LogP) is 4.37. The molecule has 26 heavy (non-hydrogen) atoms. The SMILES string of the molecule is C#C[C@]1(O)[C@@H](CC=C(C)C)[C@H]2[C@@H](C[C@@H](C)[C@@]1(CC=C)C(=O)OC)C2(C)C. The highest BCUT2D eigenvalue weighted by Gasteiger charge is 2.73. The monoisotopic (exact) mass is 358 g/mol. The molecule has 0 spiro atoms. The second-order valence-electron chi connectivity index (χ2n) is 9.08. The van der Waals surface area contributed by atoms with Gasteiger partial charge in [0.15, 0.2) is 0 Å². The van der Waals surface area contributed by atoms with Gasteiger partial charge in [0, 0.05) is 5.92 Å². The lowest BCUT2D eigenvalue weighted by Gasteiger charge is -2.48. The van der Waals surface area contributed by atoms with Crippen LogP contribution in [0.5, 0.6) is 0 Å². The van der Waals surface area contributed by atoms with Gasteiger partial charge >= 0.3 is 5.97 Å². The molecule has 2 rings (SSSR count). The van der Waals surface area contributed by atoms with Gasteiger partial charge in [-0.2, -0.15) is 0 Å². The highest BCUT2D eigenvalue weighted by molar-refractivity contribution is 5.80. The van der Waals surface area contributed by atoms with E-state index in [1.165, 1.54) is 12.7 Å². The van der Waals surface area contributed by atoms with E-state index in [2.05, 4.69) is 32.4 Å². The first-order chi connectivity index (χ1) is 12.0. The van der Waals surface area contributed by atoms with Crippen LogP contribution in [0.15, 0.2) is 24.3 Å². The summed E-state index contributed by atoms with van der Waals surface area (Å²) in [6, 6.07) is 0. The molecule has 6 atom stereocenters. The Labute approximate surface area is 158 Å². The summed E-state index contributed by atoms with van der Waals surface area (Å²) in [6.45, 7) is 14.5. The molecule has 0 aromatic heterocycles. The van der Waals surface area contributed by atoms with Crippen molar-refractivity contribution in [3.8, 4) is 12.3 Å². The summed E-state index contributed by atoms with van der Waals surface area (Å²) in [4.78, 5) is 13.0. The number of hydrogen-bond acceptors (Lipinski definition) is 3. The summed E-state index contributed by atoms with van der Waals surface area (Å²) in [5, 5.41) is 12.0. The maximum absolute atomic E-state index is 13.0. The average molecular weight is 359 g/mol. The van der Waals surface area contributed by atoms with Crippen LogP contribution in [0.4, 0.5) is 0 Å². The minimum absolute atomic E-state index is 0.0972. The molecule has 0 aliphatic heterocycles. The molecule has 3 nitrogen and oxygen atoms in total. The molecule has 0 unspecified atom stereocenters. The standard InChI is InChI=1S/C23H34O3/c1-9-13-22(20(24)26-8)16(5)14-18-19(21(18,6)7)17(12-11-15(3)4)23(22,25)10-2/h2,9,11,16-19,25H,1,12-14H2,3-8H3/t16-,17+,18-,19+,22+,23+/m1/s1. The Morgan fingerprint density at radius 3 is 2.50 bits per heavy atom. The van der Waals surface area contributed by atoms with Gasteiger partial charge < -0.3 is 9.84 Å². The zero-order valence-electron chi connectivity index (χ0n) is 17.1. The third-order valence-corrected chi connectivity index (χ3v) is 7.25. The third kappa shape index (κ3) is 2.74. The molecular formula is C23H34O3. The molecule has 0 aromatic rings. The van der Waals surface area contributed by atoms with E-state index in [-0.39, 0.29) is 23.2 Å². The van der Waals surface area contributed by atoms with Crippen molar-refractivity contribution in [2.75, 3.05) is 7.11 Å². The zero-order valence-corrected chi connectivity index (χ0v) is 17.1. The van der Waals surface area contributed by atoms with Crippen LogP contribution < -0.4 is 0 Å². The molecule has 144 valence electrons. The van der Waals surface area contributed by atoms with Crippen molar-refractivity contribution in [3.63, 3.8) is 0 Å². The van der Waals surface area contributed by atoms with Crippen LogP contribution in [-0.2, 0) is 9.53 Å². The van der Waals surface area contributed by atoms with Gasteiger partial charge in [0.25, 0.3) is 0 Å². The molecule has 2 aliphatic carbocycles. The van der Waals surface area contributed by atoms with Crippen LogP contribution in [0.1, 0.15) is 53.9 Å². The Kier molecular flexibility index (Phi) is 5.51. The van der Waals surface area contributed by atoms with Crippen molar-refractivity contribution in [3.05, 3.63) is 24.3 Å². The van der Waals surface area contributed by atoms with Gasteiger partial charge in [-0.25, -0.2) is 0 Å². The maximum Gasteiger partial charge on any atom is 0.316 e. The lowest BCUT2D eigenvalue weighted by molar-refractivity contribution is -0.181. The zero-order chi connectivity index (χ0) is 19.9. The Hall–Kier alpha value is -1.53. The van der Waals surface area contributed by atoms with Gasteiger partial charge in [-0.3, -0.25) is 4.79 Å². The molecule has 0 aromatic carbocycles. The van der Waals surface area contributed by atoms with E-state index in [9.17, 15) is 9.90 Å². The molecule has 2 fully saturated rings. The largest absolute Gasteiger partial charge is 0.468 e. The molecule has 0 radical (unpaired) electrons. The predicted molar refractivity (Wildman–Crippen MR) is 105 cm³/mol. The summed E-state index contributed by atoms with van der Waals surface area (Å²) >= 11 is 0. The first kappa shape index (κ1) is 20.8. The van der Waals surface area contributed by atoms with Crippen LogP contribution in [-0.4, -0.2) is 23.8 Å².